The summed E-state index contributed by atoms with van der Waals surface area (Å²) in [4.78, 5) is 24.5. The zero-order valence-corrected chi connectivity index (χ0v) is 19.8. The number of nitrogen functional groups attached to an aromatic ring is 1. The van der Waals surface area contributed by atoms with Gasteiger partial charge in [0, 0.05) is 11.6 Å². The van der Waals surface area contributed by atoms with Crippen molar-refractivity contribution in [2.45, 2.75) is 38.5 Å². The lowest BCUT2D eigenvalue weighted by Gasteiger charge is -2.10. The average Bonchev–Trinajstić information content (AvgIpc) is 3.41. The zero-order valence-electron chi connectivity index (χ0n) is 19.0. The molecule has 11 heteroatoms. The molecule has 2 heterocycles. The monoisotopic (exact) mass is 483 g/mol. The van der Waals surface area contributed by atoms with E-state index in [-0.39, 0.29) is 30.8 Å². The number of ether oxygens (including phenoxy) is 3. The van der Waals surface area contributed by atoms with Crippen LogP contribution in [0.5, 0.6) is 17.2 Å². The van der Waals surface area contributed by atoms with Gasteiger partial charge in [-0.15, -0.1) is 10.2 Å². The van der Waals surface area contributed by atoms with E-state index in [1.807, 2.05) is 24.3 Å². The van der Waals surface area contributed by atoms with Crippen molar-refractivity contribution in [1.29, 1.82) is 0 Å². The first kappa shape index (κ1) is 23.4. The molecule has 0 saturated heterocycles. The first-order valence-corrected chi connectivity index (χ1v) is 11.6. The summed E-state index contributed by atoms with van der Waals surface area (Å²) in [7, 11) is 0. The molecule has 0 radical (unpaired) electrons. The summed E-state index contributed by atoms with van der Waals surface area (Å²) in [6.07, 6.45) is 0. The van der Waals surface area contributed by atoms with Crippen LogP contribution in [0.1, 0.15) is 48.4 Å². The van der Waals surface area contributed by atoms with Crippen LogP contribution in [0.25, 0.3) is 0 Å². The van der Waals surface area contributed by atoms with Gasteiger partial charge in [0.05, 0.1) is 11.4 Å². The van der Waals surface area contributed by atoms with E-state index in [0.717, 1.165) is 11.8 Å². The fourth-order valence-electron chi connectivity index (χ4n) is 3.25. The van der Waals surface area contributed by atoms with Crippen LogP contribution in [-0.4, -0.2) is 39.1 Å². The Morgan fingerprint density at radius 1 is 1.18 bits per heavy atom. The highest BCUT2D eigenvalue weighted by Gasteiger charge is 2.21. The number of nitrogens with one attached hydrogen (secondary N) is 1. The molecule has 34 heavy (non-hydrogen) atoms. The minimum Gasteiger partial charge on any atom is -0.486 e. The normalized spacial score (nSPS) is 12.1. The summed E-state index contributed by atoms with van der Waals surface area (Å²) in [5, 5.41) is 11.2. The van der Waals surface area contributed by atoms with E-state index in [0.29, 0.717) is 45.4 Å². The summed E-state index contributed by atoms with van der Waals surface area (Å²) in [6, 6.07) is 11.0. The Bertz CT molecular complexity index is 1210. The number of anilines is 1. The number of thioether (sulfide) groups is 1. The second-order valence-electron chi connectivity index (χ2n) is 7.93. The van der Waals surface area contributed by atoms with Crippen molar-refractivity contribution < 1.29 is 23.8 Å². The van der Waals surface area contributed by atoms with Crippen LogP contribution >= 0.6 is 11.8 Å². The highest BCUT2D eigenvalue weighted by Crippen LogP contribution is 2.37. The maximum absolute atomic E-state index is 12.5. The molecule has 2 aromatic carbocycles. The topological polar surface area (TPSA) is 131 Å². The fourth-order valence-corrected chi connectivity index (χ4v) is 3.93. The lowest BCUT2D eigenvalue weighted by molar-refractivity contribution is -0.113. The van der Waals surface area contributed by atoms with Crippen molar-refractivity contribution >= 4 is 29.1 Å². The molecule has 0 unspecified atom stereocenters. The number of benzene rings is 2. The number of aromatic nitrogens is 3. The number of hydrogen-bond acceptors (Lipinski definition) is 9. The van der Waals surface area contributed by atoms with Crippen molar-refractivity contribution in [2.75, 3.05) is 23.7 Å². The van der Waals surface area contributed by atoms with Crippen LogP contribution in [0.15, 0.2) is 41.6 Å². The Kier molecular flexibility index (Phi) is 6.92. The molecule has 0 fully saturated rings. The summed E-state index contributed by atoms with van der Waals surface area (Å²) < 4.78 is 17.7. The lowest BCUT2D eigenvalue weighted by atomic mass is 10.0. The number of amides is 1. The van der Waals surface area contributed by atoms with E-state index >= 15 is 0 Å². The highest BCUT2D eigenvalue weighted by atomic mass is 32.2. The van der Waals surface area contributed by atoms with Crippen LogP contribution < -0.4 is 25.4 Å². The number of fused-ring (bicyclic) bond motifs is 1. The van der Waals surface area contributed by atoms with E-state index < -0.39 is 0 Å². The van der Waals surface area contributed by atoms with Crippen LogP contribution in [-0.2, 0) is 11.4 Å². The fraction of sp³-hybridized carbons (Fsp3) is 0.304. The van der Waals surface area contributed by atoms with Gasteiger partial charge in [-0.3, -0.25) is 9.59 Å². The molecule has 0 saturated carbocycles. The van der Waals surface area contributed by atoms with Gasteiger partial charge >= 0.3 is 0 Å². The Labute approximate surface area is 200 Å². The predicted octanol–water partition coefficient (Wildman–Crippen LogP) is 3.36. The second-order valence-corrected chi connectivity index (χ2v) is 8.87. The standard InChI is InChI=1S/C23H25N5O5S/c1-13(2)15-4-6-16(7-5-15)31-10-21-26-27-23(28(21)24)34-11-22(30)25-18-9-20-19(32-12-33-20)8-17(18)14(3)29/h4-9,13H,10-12,24H2,1-3H3,(H,25,30). The molecular formula is C23H25N5O5S. The minimum absolute atomic E-state index is 0.0125. The molecule has 1 aliphatic heterocycles. The summed E-state index contributed by atoms with van der Waals surface area (Å²) in [6.45, 7) is 5.88. The third-order valence-electron chi connectivity index (χ3n) is 5.15. The van der Waals surface area contributed by atoms with Crippen molar-refractivity contribution in [2.24, 2.45) is 0 Å². The van der Waals surface area contributed by atoms with E-state index in [2.05, 4.69) is 29.4 Å². The molecule has 1 aromatic heterocycles. The molecule has 4 rings (SSSR count). The maximum Gasteiger partial charge on any atom is 0.234 e. The molecule has 1 aliphatic rings. The molecule has 178 valence electrons. The molecule has 1 amide bonds. The molecule has 10 nitrogen and oxygen atoms in total. The first-order valence-electron chi connectivity index (χ1n) is 10.6. The number of Topliss-reactive ketones (excluding diaryl/α,β-unsaturated/α-hetero) is 1. The largest absolute Gasteiger partial charge is 0.486 e. The van der Waals surface area contributed by atoms with Gasteiger partial charge in [0.2, 0.25) is 17.9 Å². The lowest BCUT2D eigenvalue weighted by Crippen LogP contribution is -2.19. The third-order valence-corrected chi connectivity index (χ3v) is 6.09. The summed E-state index contributed by atoms with van der Waals surface area (Å²) in [5.41, 5.74) is 1.92. The summed E-state index contributed by atoms with van der Waals surface area (Å²) in [5.74, 6) is 8.06. The Morgan fingerprint density at radius 2 is 1.88 bits per heavy atom. The van der Waals surface area contributed by atoms with E-state index in [4.69, 9.17) is 20.1 Å². The third kappa shape index (κ3) is 5.25. The van der Waals surface area contributed by atoms with Crippen LogP contribution in [0.3, 0.4) is 0 Å². The number of carbonyl (C=O) groups is 2. The van der Waals surface area contributed by atoms with Gasteiger partial charge in [-0.2, -0.15) is 0 Å². The number of hydrogen-bond donors (Lipinski definition) is 2. The van der Waals surface area contributed by atoms with Crippen LogP contribution in [0.2, 0.25) is 0 Å². The number of ketones is 1. The molecule has 0 bridgehead atoms. The minimum atomic E-state index is -0.336. The van der Waals surface area contributed by atoms with Crippen LogP contribution in [0, 0.1) is 0 Å². The van der Waals surface area contributed by atoms with Crippen molar-refractivity contribution in [3.63, 3.8) is 0 Å². The highest BCUT2D eigenvalue weighted by molar-refractivity contribution is 7.99. The molecule has 0 spiro atoms. The quantitative estimate of drug-likeness (QED) is 0.267. The smallest absolute Gasteiger partial charge is 0.234 e. The van der Waals surface area contributed by atoms with Gasteiger partial charge < -0.3 is 25.4 Å². The van der Waals surface area contributed by atoms with Gasteiger partial charge in [-0.25, -0.2) is 4.68 Å². The Morgan fingerprint density at radius 3 is 2.56 bits per heavy atom. The molecule has 3 N–H and O–H groups in total. The van der Waals surface area contributed by atoms with E-state index in [1.54, 1.807) is 12.1 Å². The Balaban J connectivity index is 1.34. The second kappa shape index (κ2) is 10.0. The maximum atomic E-state index is 12.5. The van der Waals surface area contributed by atoms with E-state index in [1.165, 1.54) is 17.2 Å². The average molecular weight is 484 g/mol. The number of carbonyl (C=O) groups excluding carboxylic acids is 2. The van der Waals surface area contributed by atoms with Crippen molar-refractivity contribution in [3.8, 4) is 17.2 Å². The number of nitrogens with two attached hydrogens (primary N) is 1. The summed E-state index contributed by atoms with van der Waals surface area (Å²) >= 11 is 1.12. The predicted molar refractivity (Wildman–Crippen MR) is 127 cm³/mol. The van der Waals surface area contributed by atoms with Crippen molar-refractivity contribution in [3.05, 3.63) is 53.3 Å². The zero-order chi connectivity index (χ0) is 24.2. The van der Waals surface area contributed by atoms with Gasteiger partial charge in [-0.1, -0.05) is 37.7 Å². The van der Waals surface area contributed by atoms with E-state index in [9.17, 15) is 9.59 Å². The number of rotatable bonds is 9. The number of nitrogens with zero attached hydrogens (tertiary/aromatic N) is 3. The van der Waals surface area contributed by atoms with Crippen molar-refractivity contribution in [1.82, 2.24) is 14.9 Å². The van der Waals surface area contributed by atoms with Gasteiger partial charge in [0.25, 0.3) is 0 Å². The molecule has 0 aliphatic carbocycles. The molecular weight excluding hydrogens is 458 g/mol. The first-order chi connectivity index (χ1) is 16.3. The van der Waals surface area contributed by atoms with Gasteiger partial charge in [-0.05, 0) is 36.6 Å². The molecule has 0 atom stereocenters. The van der Waals surface area contributed by atoms with Gasteiger partial charge in [0.1, 0.15) is 12.4 Å². The SMILES string of the molecule is CC(=O)c1cc2c(cc1NC(=O)CSc1nnc(COc3ccc(C(C)C)cc3)n1N)OCO2. The Hall–Kier alpha value is -3.73. The molecule has 3 aromatic rings. The van der Waals surface area contributed by atoms with Gasteiger partial charge in [0.15, 0.2) is 23.1 Å². The van der Waals surface area contributed by atoms with Crippen LogP contribution in [0.4, 0.5) is 5.69 Å².